The van der Waals surface area contributed by atoms with Crippen LogP contribution in [0.15, 0.2) is 12.1 Å². The van der Waals surface area contributed by atoms with Crippen LogP contribution >= 0.6 is 0 Å². The number of hydrogen-bond donors (Lipinski definition) is 1. The van der Waals surface area contributed by atoms with Gasteiger partial charge in [0.15, 0.2) is 11.6 Å². The van der Waals surface area contributed by atoms with Crippen molar-refractivity contribution >= 4 is 0 Å². The SMILES string of the molecule is CCN(C1CC1)C(CN)c1cc(F)c(F)cc1F. The summed E-state index contributed by atoms with van der Waals surface area (Å²) in [6.07, 6.45) is 2.10. The molecule has 0 amide bonds. The molecule has 2 nitrogen and oxygen atoms in total. The second kappa shape index (κ2) is 5.28. The van der Waals surface area contributed by atoms with E-state index in [2.05, 4.69) is 4.90 Å². The van der Waals surface area contributed by atoms with Crippen LogP contribution in [-0.2, 0) is 0 Å². The Labute approximate surface area is 105 Å². The van der Waals surface area contributed by atoms with Crippen molar-refractivity contribution in [1.29, 1.82) is 0 Å². The molecule has 1 aliphatic carbocycles. The number of halogens is 3. The maximum atomic E-state index is 13.8. The van der Waals surface area contributed by atoms with Crippen molar-refractivity contribution in [2.24, 2.45) is 5.73 Å². The molecule has 5 heteroatoms. The molecular weight excluding hydrogens is 241 g/mol. The number of nitrogens with zero attached hydrogens (tertiary/aromatic N) is 1. The summed E-state index contributed by atoms with van der Waals surface area (Å²) in [7, 11) is 0. The monoisotopic (exact) mass is 258 g/mol. The molecule has 0 bridgehead atoms. The van der Waals surface area contributed by atoms with Crippen molar-refractivity contribution in [1.82, 2.24) is 4.90 Å². The molecule has 100 valence electrons. The van der Waals surface area contributed by atoms with Gasteiger partial charge < -0.3 is 5.73 Å². The zero-order valence-electron chi connectivity index (χ0n) is 10.3. The molecule has 18 heavy (non-hydrogen) atoms. The van der Waals surface area contributed by atoms with Crippen molar-refractivity contribution < 1.29 is 13.2 Å². The predicted molar refractivity (Wildman–Crippen MR) is 63.5 cm³/mol. The van der Waals surface area contributed by atoms with Gasteiger partial charge in [-0.2, -0.15) is 0 Å². The Morgan fingerprint density at radius 1 is 1.22 bits per heavy atom. The maximum Gasteiger partial charge on any atom is 0.161 e. The molecule has 1 unspecified atom stereocenters. The molecule has 0 aliphatic heterocycles. The van der Waals surface area contributed by atoms with Gasteiger partial charge in [-0.25, -0.2) is 13.2 Å². The van der Waals surface area contributed by atoms with E-state index in [9.17, 15) is 13.2 Å². The van der Waals surface area contributed by atoms with Crippen molar-refractivity contribution in [3.8, 4) is 0 Å². The van der Waals surface area contributed by atoms with Crippen LogP contribution in [0.5, 0.6) is 0 Å². The Kier molecular flexibility index (Phi) is 3.92. The highest BCUT2D eigenvalue weighted by atomic mass is 19.2. The topological polar surface area (TPSA) is 29.3 Å². The zero-order valence-corrected chi connectivity index (χ0v) is 10.3. The quantitative estimate of drug-likeness (QED) is 0.822. The van der Waals surface area contributed by atoms with E-state index in [1.54, 1.807) is 0 Å². The van der Waals surface area contributed by atoms with E-state index in [0.717, 1.165) is 18.9 Å². The third kappa shape index (κ3) is 2.52. The lowest BCUT2D eigenvalue weighted by molar-refractivity contribution is 0.197. The molecule has 1 aliphatic rings. The summed E-state index contributed by atoms with van der Waals surface area (Å²) in [5.74, 6) is -2.93. The van der Waals surface area contributed by atoms with Gasteiger partial charge in [0.25, 0.3) is 0 Å². The van der Waals surface area contributed by atoms with Crippen LogP contribution in [0.2, 0.25) is 0 Å². The lowest BCUT2D eigenvalue weighted by Crippen LogP contribution is -2.36. The molecule has 1 aromatic rings. The van der Waals surface area contributed by atoms with Gasteiger partial charge in [-0.05, 0) is 25.5 Å². The molecule has 0 spiro atoms. The first kappa shape index (κ1) is 13.4. The largest absolute Gasteiger partial charge is 0.329 e. The molecule has 1 atom stereocenters. The molecule has 1 aromatic carbocycles. The van der Waals surface area contributed by atoms with Crippen LogP contribution in [0.3, 0.4) is 0 Å². The van der Waals surface area contributed by atoms with Crippen LogP contribution in [0.25, 0.3) is 0 Å². The standard InChI is InChI=1S/C13H17F3N2/c1-2-18(8-3-4-8)13(7-17)9-5-11(15)12(16)6-10(9)14/h5-6,8,13H,2-4,7,17H2,1H3. The average molecular weight is 258 g/mol. The zero-order chi connectivity index (χ0) is 13.3. The average Bonchev–Trinajstić information content (AvgIpc) is 3.15. The Bertz CT molecular complexity index is 432. The number of likely N-dealkylation sites (N-methyl/N-ethyl adjacent to an activating group) is 1. The minimum Gasteiger partial charge on any atom is -0.329 e. The maximum absolute atomic E-state index is 13.8. The van der Waals surface area contributed by atoms with Crippen LogP contribution in [0.1, 0.15) is 31.4 Å². The summed E-state index contributed by atoms with van der Waals surface area (Å²) in [5, 5.41) is 0. The van der Waals surface area contributed by atoms with Gasteiger partial charge in [-0.1, -0.05) is 6.92 Å². The van der Waals surface area contributed by atoms with Gasteiger partial charge in [0.1, 0.15) is 5.82 Å². The summed E-state index contributed by atoms with van der Waals surface area (Å²) in [6.45, 7) is 2.86. The molecule has 2 rings (SSSR count). The van der Waals surface area contributed by atoms with Crippen LogP contribution in [-0.4, -0.2) is 24.0 Å². The Hall–Kier alpha value is -1.07. The summed E-state index contributed by atoms with van der Waals surface area (Å²) < 4.78 is 39.9. The highest BCUT2D eigenvalue weighted by Gasteiger charge is 2.34. The summed E-state index contributed by atoms with van der Waals surface area (Å²) in [6, 6.07) is 1.51. The first-order valence-electron chi connectivity index (χ1n) is 6.18. The third-order valence-electron chi connectivity index (χ3n) is 3.40. The molecular formula is C13H17F3N2. The number of benzene rings is 1. The van der Waals surface area contributed by atoms with Crippen LogP contribution in [0.4, 0.5) is 13.2 Å². The van der Waals surface area contributed by atoms with Gasteiger partial charge >= 0.3 is 0 Å². The highest BCUT2D eigenvalue weighted by Crippen LogP contribution is 2.34. The molecule has 1 saturated carbocycles. The lowest BCUT2D eigenvalue weighted by atomic mass is 10.0. The normalized spacial score (nSPS) is 17.2. The lowest BCUT2D eigenvalue weighted by Gasteiger charge is -2.30. The van der Waals surface area contributed by atoms with Gasteiger partial charge in [0.2, 0.25) is 0 Å². The molecule has 2 N–H and O–H groups in total. The summed E-state index contributed by atoms with van der Waals surface area (Å²) in [5.41, 5.74) is 5.82. The van der Waals surface area contributed by atoms with E-state index in [-0.39, 0.29) is 12.1 Å². The second-order valence-electron chi connectivity index (χ2n) is 4.60. The Morgan fingerprint density at radius 2 is 1.83 bits per heavy atom. The van der Waals surface area contributed by atoms with Gasteiger partial charge in [0.05, 0.1) is 6.04 Å². The van der Waals surface area contributed by atoms with E-state index >= 15 is 0 Å². The first-order valence-corrected chi connectivity index (χ1v) is 6.18. The molecule has 0 aromatic heterocycles. The smallest absolute Gasteiger partial charge is 0.161 e. The highest BCUT2D eigenvalue weighted by molar-refractivity contribution is 5.24. The second-order valence-corrected chi connectivity index (χ2v) is 4.60. The fraction of sp³-hybridized carbons (Fsp3) is 0.538. The Morgan fingerprint density at radius 3 is 2.33 bits per heavy atom. The first-order chi connectivity index (χ1) is 8.58. The van der Waals surface area contributed by atoms with E-state index < -0.39 is 23.5 Å². The van der Waals surface area contributed by atoms with Crippen molar-refractivity contribution in [2.75, 3.05) is 13.1 Å². The molecule has 0 radical (unpaired) electrons. The summed E-state index contributed by atoms with van der Waals surface area (Å²) in [4.78, 5) is 2.05. The van der Waals surface area contributed by atoms with E-state index in [1.807, 2.05) is 6.92 Å². The molecule has 0 saturated heterocycles. The minimum atomic E-state index is -1.17. The van der Waals surface area contributed by atoms with Gasteiger partial charge in [0, 0.05) is 24.2 Å². The summed E-state index contributed by atoms with van der Waals surface area (Å²) >= 11 is 0. The Balaban J connectivity index is 2.34. The fourth-order valence-corrected chi connectivity index (χ4v) is 2.37. The van der Waals surface area contributed by atoms with Crippen LogP contribution in [0, 0.1) is 17.5 Å². The van der Waals surface area contributed by atoms with Crippen LogP contribution < -0.4 is 5.73 Å². The van der Waals surface area contributed by atoms with Gasteiger partial charge in [-0.3, -0.25) is 4.90 Å². The number of nitrogens with two attached hydrogens (primary N) is 1. The fourth-order valence-electron chi connectivity index (χ4n) is 2.37. The minimum absolute atomic E-state index is 0.144. The van der Waals surface area contributed by atoms with Crippen molar-refractivity contribution in [2.45, 2.75) is 31.8 Å². The molecule has 1 fully saturated rings. The van der Waals surface area contributed by atoms with E-state index in [1.165, 1.54) is 0 Å². The van der Waals surface area contributed by atoms with Gasteiger partial charge in [-0.15, -0.1) is 0 Å². The number of rotatable bonds is 5. The van der Waals surface area contributed by atoms with Crippen molar-refractivity contribution in [3.63, 3.8) is 0 Å². The third-order valence-corrected chi connectivity index (χ3v) is 3.40. The van der Waals surface area contributed by atoms with E-state index in [4.69, 9.17) is 5.73 Å². The predicted octanol–water partition coefficient (Wildman–Crippen LogP) is 2.59. The van der Waals surface area contributed by atoms with E-state index in [0.29, 0.717) is 18.7 Å². The molecule has 0 heterocycles. The number of hydrogen-bond acceptors (Lipinski definition) is 2. The van der Waals surface area contributed by atoms with Crippen molar-refractivity contribution in [3.05, 3.63) is 35.1 Å².